The molecule has 5 atom stereocenters. The molecule has 0 radical (unpaired) electrons. The number of ether oxygens (including phenoxy) is 2. The predicted molar refractivity (Wildman–Crippen MR) is 218 cm³/mol. The van der Waals surface area contributed by atoms with Crippen molar-refractivity contribution in [2.45, 2.75) is 121 Å². The van der Waals surface area contributed by atoms with Crippen LogP contribution in [0.1, 0.15) is 86.5 Å². The smallest absolute Gasteiger partial charge is 0.408 e. The SMILES string of the molecule is C=C[C@@H]1C[C@]1(NC(=O)[C@@H]1C[C@@H](Oc2nc(-c3ccccc3)nc3ccccc23)CN1C(=O)C(NC(=O)OC(C)(C)C)C(C)(C)C)C(=O)NS(=O)(=O)C1(CC2CC2)CC1. The van der Waals surface area contributed by atoms with Crippen molar-refractivity contribution in [3.8, 4) is 17.3 Å². The predicted octanol–water partition coefficient (Wildman–Crippen LogP) is 5.42. The van der Waals surface area contributed by atoms with Crippen molar-refractivity contribution in [2.24, 2.45) is 17.3 Å². The fourth-order valence-electron chi connectivity index (χ4n) is 7.85. The van der Waals surface area contributed by atoms with E-state index in [0.29, 0.717) is 41.9 Å². The number of fused-ring (bicyclic) bond motifs is 1. The zero-order chi connectivity index (χ0) is 41.8. The summed E-state index contributed by atoms with van der Waals surface area (Å²) in [6, 6.07) is 14.5. The van der Waals surface area contributed by atoms with Crippen LogP contribution in [0.4, 0.5) is 4.79 Å². The molecule has 0 bridgehead atoms. The van der Waals surface area contributed by atoms with Crippen molar-refractivity contribution in [1.82, 2.24) is 30.2 Å². The number of nitrogens with one attached hydrogen (secondary N) is 3. The van der Waals surface area contributed by atoms with Gasteiger partial charge in [0.2, 0.25) is 27.7 Å². The summed E-state index contributed by atoms with van der Waals surface area (Å²) in [5, 5.41) is 6.23. The number of alkyl carbamates (subject to hydrolysis) is 1. The largest absolute Gasteiger partial charge is 0.472 e. The van der Waals surface area contributed by atoms with Gasteiger partial charge in [-0.25, -0.2) is 18.2 Å². The molecule has 4 aliphatic rings. The van der Waals surface area contributed by atoms with Crippen molar-refractivity contribution >= 4 is 44.7 Å². The summed E-state index contributed by atoms with van der Waals surface area (Å²) in [4.78, 5) is 67.3. The van der Waals surface area contributed by atoms with E-state index in [2.05, 4.69) is 21.9 Å². The number of nitrogens with zero attached hydrogens (tertiary/aromatic N) is 3. The van der Waals surface area contributed by atoms with Crippen LogP contribution in [0.25, 0.3) is 22.3 Å². The van der Waals surface area contributed by atoms with Gasteiger partial charge in [0.05, 0.1) is 22.2 Å². The lowest BCUT2D eigenvalue weighted by atomic mass is 9.85. The van der Waals surface area contributed by atoms with E-state index in [1.165, 1.54) is 11.0 Å². The van der Waals surface area contributed by atoms with Gasteiger partial charge in [-0.3, -0.25) is 19.1 Å². The second-order valence-corrected chi connectivity index (χ2v) is 20.5. The number of sulfonamides is 1. The summed E-state index contributed by atoms with van der Waals surface area (Å²) >= 11 is 0. The minimum Gasteiger partial charge on any atom is -0.472 e. The number of rotatable bonds is 13. The highest BCUT2D eigenvalue weighted by atomic mass is 32.2. The third-order valence-electron chi connectivity index (χ3n) is 11.5. The van der Waals surface area contributed by atoms with Gasteiger partial charge in [0.15, 0.2) is 5.82 Å². The molecule has 3 aromatic rings. The number of hydrogen-bond acceptors (Lipinski definition) is 10. The molecule has 4 amide bonds. The van der Waals surface area contributed by atoms with Gasteiger partial charge in [0, 0.05) is 17.9 Å². The van der Waals surface area contributed by atoms with Gasteiger partial charge in [-0.05, 0) is 69.9 Å². The lowest BCUT2D eigenvalue weighted by molar-refractivity contribution is -0.143. The minimum absolute atomic E-state index is 0.000866. The van der Waals surface area contributed by atoms with Gasteiger partial charge in [-0.2, -0.15) is 4.98 Å². The molecule has 3 N–H and O–H groups in total. The number of likely N-dealkylation sites (tertiary alicyclic amines) is 1. The van der Waals surface area contributed by atoms with Crippen LogP contribution in [-0.4, -0.2) is 87.7 Å². The number of benzene rings is 2. The Kier molecular flexibility index (Phi) is 10.6. The number of carbonyl (C=O) groups excluding carboxylic acids is 4. The quantitative estimate of drug-likeness (QED) is 0.188. The summed E-state index contributed by atoms with van der Waals surface area (Å²) in [6.07, 6.45) is 3.55. The van der Waals surface area contributed by atoms with Crippen molar-refractivity contribution in [3.05, 3.63) is 67.3 Å². The molecule has 1 unspecified atom stereocenters. The topological polar surface area (TPSA) is 186 Å². The van der Waals surface area contributed by atoms with Crippen molar-refractivity contribution in [1.29, 1.82) is 0 Å². The summed E-state index contributed by atoms with van der Waals surface area (Å²) in [5.74, 6) is -1.55. The van der Waals surface area contributed by atoms with E-state index >= 15 is 0 Å². The van der Waals surface area contributed by atoms with Crippen LogP contribution in [0.15, 0.2) is 67.3 Å². The highest BCUT2D eigenvalue weighted by Gasteiger charge is 2.64. The average molecular weight is 815 g/mol. The molecule has 1 saturated heterocycles. The third-order valence-corrected chi connectivity index (χ3v) is 13.7. The summed E-state index contributed by atoms with van der Waals surface area (Å²) < 4.78 is 40.7. The van der Waals surface area contributed by atoms with Crippen LogP contribution in [0.5, 0.6) is 5.88 Å². The zero-order valence-corrected chi connectivity index (χ0v) is 34.9. The van der Waals surface area contributed by atoms with E-state index < -0.39 is 79.2 Å². The van der Waals surface area contributed by atoms with Crippen molar-refractivity contribution in [3.63, 3.8) is 0 Å². The van der Waals surface area contributed by atoms with Crippen LogP contribution in [0, 0.1) is 17.3 Å². The molecule has 0 spiro atoms. The van der Waals surface area contributed by atoms with Gasteiger partial charge in [0.25, 0.3) is 5.91 Å². The highest BCUT2D eigenvalue weighted by Crippen LogP contribution is 2.53. The molecule has 14 nitrogen and oxygen atoms in total. The molecule has 3 aliphatic carbocycles. The standard InChI is InChI=1S/C43H54N6O8S/c1-8-28-24-43(28,38(52)48-58(54,55)42(20-21-42)23-26-18-19-26)47-35(50)32-22-29(25-49(32)37(51)33(40(2,3)4)45-39(53)57-41(5,6)7)56-36-30-16-12-13-17-31(30)44-34(46-36)27-14-10-9-11-15-27/h8-17,26,28-29,32-33H,1,18-25H2,2-7H3,(H,45,53)(H,47,50)(H,48,52)/t28-,29-,32+,33?,43-/m1/s1. The molecular weight excluding hydrogens is 761 g/mol. The second-order valence-electron chi connectivity index (χ2n) is 18.4. The Morgan fingerprint density at radius 1 is 0.983 bits per heavy atom. The van der Waals surface area contributed by atoms with Crippen molar-refractivity contribution in [2.75, 3.05) is 6.54 Å². The molecule has 3 saturated carbocycles. The molecule has 4 fully saturated rings. The molecule has 2 aromatic carbocycles. The van der Waals surface area contributed by atoms with Gasteiger partial charge in [0.1, 0.15) is 29.3 Å². The third kappa shape index (κ3) is 8.55. The van der Waals surface area contributed by atoms with E-state index in [1.807, 2.05) is 54.6 Å². The summed E-state index contributed by atoms with van der Waals surface area (Å²) in [7, 11) is -4.03. The maximum atomic E-state index is 14.7. The fourth-order valence-corrected chi connectivity index (χ4v) is 9.59. The van der Waals surface area contributed by atoms with Gasteiger partial charge in [-0.15, -0.1) is 6.58 Å². The molecule has 58 heavy (non-hydrogen) atoms. The molecule has 7 rings (SSSR count). The maximum absolute atomic E-state index is 14.7. The van der Waals surface area contributed by atoms with E-state index in [9.17, 15) is 27.6 Å². The van der Waals surface area contributed by atoms with E-state index in [-0.39, 0.29) is 25.3 Å². The van der Waals surface area contributed by atoms with Crippen LogP contribution in [0.2, 0.25) is 0 Å². The van der Waals surface area contributed by atoms with E-state index in [4.69, 9.17) is 19.4 Å². The Bertz CT molecular complexity index is 2230. The van der Waals surface area contributed by atoms with Crippen molar-refractivity contribution < 1.29 is 37.1 Å². The average Bonchev–Trinajstić information content (AvgIpc) is 4.10. The normalized spacial score (nSPS) is 24.3. The minimum atomic E-state index is -4.03. The van der Waals surface area contributed by atoms with Crippen LogP contribution in [-0.2, 0) is 29.1 Å². The first-order valence-corrected chi connectivity index (χ1v) is 21.5. The lowest BCUT2D eigenvalue weighted by Crippen LogP contribution is -2.60. The van der Waals surface area contributed by atoms with Crippen LogP contribution < -0.4 is 20.1 Å². The number of carbonyl (C=O) groups is 4. The van der Waals surface area contributed by atoms with Crippen LogP contribution >= 0.6 is 0 Å². The molecular formula is C43H54N6O8S. The van der Waals surface area contributed by atoms with Crippen LogP contribution in [0.3, 0.4) is 0 Å². The number of para-hydroxylation sites is 1. The fraction of sp³-hybridized carbons (Fsp3) is 0.535. The van der Waals surface area contributed by atoms with Gasteiger partial charge < -0.3 is 25.0 Å². The monoisotopic (exact) mass is 814 g/mol. The molecule has 15 heteroatoms. The summed E-state index contributed by atoms with van der Waals surface area (Å²) in [5.41, 5.74) is -1.85. The lowest BCUT2D eigenvalue weighted by Gasteiger charge is -2.36. The second kappa shape index (κ2) is 15.0. The number of amides is 4. The van der Waals surface area contributed by atoms with Gasteiger partial charge in [-0.1, -0.05) is 82.2 Å². The molecule has 310 valence electrons. The Hall–Kier alpha value is -5.05. The summed E-state index contributed by atoms with van der Waals surface area (Å²) in [6.45, 7) is 14.3. The Morgan fingerprint density at radius 3 is 2.26 bits per heavy atom. The molecule has 2 heterocycles. The van der Waals surface area contributed by atoms with E-state index in [0.717, 1.165) is 18.4 Å². The van der Waals surface area contributed by atoms with Gasteiger partial charge >= 0.3 is 6.09 Å². The first kappa shape index (κ1) is 41.1. The first-order chi connectivity index (χ1) is 27.2. The maximum Gasteiger partial charge on any atom is 0.408 e. The first-order valence-electron chi connectivity index (χ1n) is 20.0. The molecule has 1 aromatic heterocycles. The highest BCUT2D eigenvalue weighted by molar-refractivity contribution is 7.91. The number of aromatic nitrogens is 2. The Labute approximate surface area is 340 Å². The number of hydrogen-bond donors (Lipinski definition) is 3. The zero-order valence-electron chi connectivity index (χ0n) is 34.0. The van der Waals surface area contributed by atoms with E-state index in [1.54, 1.807) is 41.5 Å². The molecule has 1 aliphatic heterocycles. The Balaban J connectivity index is 1.19. The Morgan fingerprint density at radius 2 is 1.66 bits per heavy atom.